The maximum Gasteiger partial charge on any atom is 0.254 e. The number of nitrogens with two attached hydrogens (primary N) is 1. The first-order valence-corrected chi connectivity index (χ1v) is 5.89. The molecule has 0 unspecified atom stereocenters. The number of likely N-dealkylation sites (N-methyl/N-ethyl adjacent to an activating group) is 1. The van der Waals surface area contributed by atoms with Crippen molar-refractivity contribution in [3.63, 3.8) is 0 Å². The van der Waals surface area contributed by atoms with Gasteiger partial charge in [0.25, 0.3) is 5.91 Å². The molecule has 1 aromatic rings. The summed E-state index contributed by atoms with van der Waals surface area (Å²) in [5, 5.41) is 11.9. The Morgan fingerprint density at radius 1 is 1.56 bits per heavy atom. The van der Waals surface area contributed by atoms with Crippen molar-refractivity contribution in [3.8, 4) is 0 Å². The van der Waals surface area contributed by atoms with Gasteiger partial charge in [-0.1, -0.05) is 22.8 Å². The third-order valence-electron chi connectivity index (χ3n) is 2.58. The first-order valence-electron chi connectivity index (χ1n) is 5.51. The van der Waals surface area contributed by atoms with Crippen LogP contribution in [0.15, 0.2) is 23.4 Å². The Morgan fingerprint density at radius 3 is 2.78 bits per heavy atom. The number of hydrogen-bond acceptors (Lipinski definition) is 3. The zero-order valence-electron chi connectivity index (χ0n) is 10.4. The van der Waals surface area contributed by atoms with Gasteiger partial charge in [-0.2, -0.15) is 0 Å². The van der Waals surface area contributed by atoms with Gasteiger partial charge < -0.3 is 15.8 Å². The predicted molar refractivity (Wildman–Crippen MR) is 71.2 cm³/mol. The van der Waals surface area contributed by atoms with Gasteiger partial charge in [-0.05, 0) is 31.5 Å². The molecule has 0 saturated carbocycles. The molecule has 0 bridgehead atoms. The summed E-state index contributed by atoms with van der Waals surface area (Å²) in [5.41, 5.74) is 6.77. The van der Waals surface area contributed by atoms with Gasteiger partial charge in [-0.15, -0.1) is 0 Å². The van der Waals surface area contributed by atoms with Gasteiger partial charge in [0.2, 0.25) is 0 Å². The number of oxime groups is 1. The van der Waals surface area contributed by atoms with Crippen molar-refractivity contribution in [2.24, 2.45) is 10.9 Å². The van der Waals surface area contributed by atoms with Gasteiger partial charge in [0.05, 0.1) is 6.54 Å². The average Bonchev–Trinajstić information content (AvgIpc) is 2.37. The van der Waals surface area contributed by atoms with Crippen molar-refractivity contribution in [1.29, 1.82) is 0 Å². The predicted octanol–water partition coefficient (Wildman–Crippen LogP) is 1.86. The number of amides is 1. The molecule has 6 heteroatoms. The first-order chi connectivity index (χ1) is 8.49. The van der Waals surface area contributed by atoms with Crippen LogP contribution in [0.4, 0.5) is 0 Å². The lowest BCUT2D eigenvalue weighted by Gasteiger charge is -2.21. The molecule has 1 rings (SSSR count). The quantitative estimate of drug-likeness (QED) is 0.379. The number of carbonyl (C=O) groups excluding carboxylic acids is 1. The van der Waals surface area contributed by atoms with Crippen LogP contribution in [-0.2, 0) is 0 Å². The van der Waals surface area contributed by atoms with E-state index in [1.807, 2.05) is 13.8 Å². The summed E-state index contributed by atoms with van der Waals surface area (Å²) in [6, 6.07) is 5.13. The Kier molecular flexibility index (Phi) is 4.97. The lowest BCUT2D eigenvalue weighted by Crippen LogP contribution is -2.38. The highest BCUT2D eigenvalue weighted by atomic mass is 35.5. The van der Waals surface area contributed by atoms with Crippen LogP contribution in [0.1, 0.15) is 22.8 Å². The molecule has 0 saturated heterocycles. The van der Waals surface area contributed by atoms with Crippen molar-refractivity contribution in [2.75, 3.05) is 13.1 Å². The number of carbonyl (C=O) groups is 1. The molecular formula is C12H16ClN3O2. The molecule has 98 valence electrons. The number of benzene rings is 1. The SMILES string of the molecule is CCN(C/C(N)=N/O)C(=O)c1cc(Cl)ccc1C. The van der Waals surface area contributed by atoms with E-state index < -0.39 is 0 Å². The summed E-state index contributed by atoms with van der Waals surface area (Å²) in [6.45, 7) is 4.20. The zero-order chi connectivity index (χ0) is 13.7. The third kappa shape index (κ3) is 3.37. The van der Waals surface area contributed by atoms with Crippen LogP contribution in [-0.4, -0.2) is 34.9 Å². The molecule has 0 atom stereocenters. The minimum absolute atomic E-state index is 0.00937. The lowest BCUT2D eigenvalue weighted by atomic mass is 10.1. The van der Waals surface area contributed by atoms with Crippen molar-refractivity contribution in [2.45, 2.75) is 13.8 Å². The maximum absolute atomic E-state index is 12.3. The highest BCUT2D eigenvalue weighted by molar-refractivity contribution is 6.31. The highest BCUT2D eigenvalue weighted by Gasteiger charge is 2.17. The molecule has 0 heterocycles. The summed E-state index contributed by atoms with van der Waals surface area (Å²) in [5.74, 6) is -0.200. The fraction of sp³-hybridized carbons (Fsp3) is 0.333. The number of halogens is 1. The smallest absolute Gasteiger partial charge is 0.254 e. The Hall–Kier alpha value is -1.75. The summed E-state index contributed by atoms with van der Waals surface area (Å²) >= 11 is 5.88. The summed E-state index contributed by atoms with van der Waals surface area (Å²) in [4.78, 5) is 13.8. The van der Waals surface area contributed by atoms with Gasteiger partial charge in [-0.3, -0.25) is 4.79 Å². The van der Waals surface area contributed by atoms with Crippen molar-refractivity contribution >= 4 is 23.3 Å². The molecule has 0 radical (unpaired) electrons. The molecule has 0 aliphatic carbocycles. The molecule has 0 fully saturated rings. The van der Waals surface area contributed by atoms with E-state index >= 15 is 0 Å². The first kappa shape index (κ1) is 14.3. The fourth-order valence-electron chi connectivity index (χ4n) is 1.55. The van der Waals surface area contributed by atoms with E-state index in [0.29, 0.717) is 17.1 Å². The van der Waals surface area contributed by atoms with Gasteiger partial charge in [0.15, 0.2) is 5.84 Å². The third-order valence-corrected chi connectivity index (χ3v) is 2.82. The van der Waals surface area contributed by atoms with Crippen molar-refractivity contribution in [1.82, 2.24) is 4.90 Å². The fourth-order valence-corrected chi connectivity index (χ4v) is 1.72. The Bertz CT molecular complexity index is 474. The second-order valence-corrected chi connectivity index (χ2v) is 4.31. The average molecular weight is 270 g/mol. The second-order valence-electron chi connectivity index (χ2n) is 3.87. The van der Waals surface area contributed by atoms with E-state index in [0.717, 1.165) is 5.56 Å². The van der Waals surface area contributed by atoms with Gasteiger partial charge in [0.1, 0.15) is 0 Å². The molecule has 0 aliphatic heterocycles. The monoisotopic (exact) mass is 269 g/mol. The van der Waals surface area contributed by atoms with Crippen LogP contribution < -0.4 is 5.73 Å². The Balaban J connectivity index is 3.00. The highest BCUT2D eigenvalue weighted by Crippen LogP contribution is 2.17. The number of amidine groups is 1. The number of hydrogen-bond donors (Lipinski definition) is 2. The van der Waals surface area contributed by atoms with Crippen LogP contribution in [0.5, 0.6) is 0 Å². The minimum atomic E-state index is -0.191. The van der Waals surface area contributed by atoms with E-state index in [-0.39, 0.29) is 18.3 Å². The molecule has 1 amide bonds. The van der Waals surface area contributed by atoms with E-state index in [4.69, 9.17) is 22.5 Å². The molecule has 18 heavy (non-hydrogen) atoms. The standard InChI is InChI=1S/C12H16ClN3O2/c1-3-16(7-11(14)15-18)12(17)10-6-9(13)5-4-8(10)2/h4-6,18H,3,7H2,1-2H3,(H2,14,15). The number of rotatable bonds is 4. The molecule has 1 aromatic carbocycles. The number of nitrogens with zero attached hydrogens (tertiary/aromatic N) is 2. The van der Waals surface area contributed by atoms with Crippen LogP contribution >= 0.6 is 11.6 Å². The van der Waals surface area contributed by atoms with Gasteiger partial charge in [-0.25, -0.2) is 0 Å². The molecule has 0 aromatic heterocycles. The summed E-state index contributed by atoms with van der Waals surface area (Å²) in [6.07, 6.45) is 0. The van der Waals surface area contributed by atoms with Gasteiger partial charge >= 0.3 is 0 Å². The van der Waals surface area contributed by atoms with Crippen molar-refractivity contribution in [3.05, 3.63) is 34.3 Å². The number of aryl methyl sites for hydroxylation is 1. The molecule has 3 N–H and O–H groups in total. The van der Waals surface area contributed by atoms with Crippen LogP contribution in [0.2, 0.25) is 5.02 Å². The summed E-state index contributed by atoms with van der Waals surface area (Å²) < 4.78 is 0. The minimum Gasteiger partial charge on any atom is -0.409 e. The van der Waals surface area contributed by atoms with E-state index in [1.54, 1.807) is 18.2 Å². The topological polar surface area (TPSA) is 78.9 Å². The normalized spacial score (nSPS) is 11.4. The van der Waals surface area contributed by atoms with Gasteiger partial charge in [0, 0.05) is 17.1 Å². The Morgan fingerprint density at radius 2 is 2.22 bits per heavy atom. The largest absolute Gasteiger partial charge is 0.409 e. The van der Waals surface area contributed by atoms with Crippen LogP contribution in [0.25, 0.3) is 0 Å². The molecule has 0 aliphatic rings. The maximum atomic E-state index is 12.3. The van der Waals surface area contributed by atoms with Crippen molar-refractivity contribution < 1.29 is 10.0 Å². The second kappa shape index (κ2) is 6.26. The zero-order valence-corrected chi connectivity index (χ0v) is 11.1. The Labute approximate surface area is 111 Å². The molecule has 0 spiro atoms. The van der Waals surface area contributed by atoms with E-state index in [9.17, 15) is 4.79 Å². The van der Waals surface area contributed by atoms with Crippen LogP contribution in [0.3, 0.4) is 0 Å². The molecular weight excluding hydrogens is 254 g/mol. The summed E-state index contributed by atoms with van der Waals surface area (Å²) in [7, 11) is 0. The lowest BCUT2D eigenvalue weighted by molar-refractivity contribution is 0.0785. The molecule has 5 nitrogen and oxygen atoms in total. The van der Waals surface area contributed by atoms with E-state index in [1.165, 1.54) is 4.90 Å². The van der Waals surface area contributed by atoms with Crippen LogP contribution in [0, 0.1) is 6.92 Å². The van der Waals surface area contributed by atoms with E-state index in [2.05, 4.69) is 5.16 Å².